The van der Waals surface area contributed by atoms with Crippen molar-refractivity contribution < 1.29 is 18.7 Å². The molecule has 0 fully saturated rings. The van der Waals surface area contributed by atoms with Crippen molar-refractivity contribution in [2.75, 3.05) is 13.2 Å². The van der Waals surface area contributed by atoms with E-state index >= 15 is 0 Å². The first-order valence-electron chi connectivity index (χ1n) is 9.74. The largest absolute Gasteiger partial charge is 0.486 e. The minimum Gasteiger partial charge on any atom is -0.486 e. The number of hydrogen-bond acceptors (Lipinski definition) is 4. The first-order valence-corrected chi connectivity index (χ1v) is 9.74. The zero-order valence-corrected chi connectivity index (χ0v) is 16.8. The number of rotatable bonds is 5. The average molecular weight is 410 g/mol. The van der Waals surface area contributed by atoms with Crippen LogP contribution in [-0.4, -0.2) is 35.1 Å². The Bertz CT molecular complexity index is 1040. The molecule has 1 aliphatic rings. The highest BCUT2D eigenvalue weighted by Gasteiger charge is 2.22. The van der Waals surface area contributed by atoms with Crippen LogP contribution in [0.25, 0.3) is 5.69 Å². The fourth-order valence-electron chi connectivity index (χ4n) is 3.39. The molecular formula is C22H23FN4O3. The van der Waals surface area contributed by atoms with Crippen molar-refractivity contribution in [3.63, 3.8) is 0 Å². The number of nitrogens with one attached hydrogen (secondary N) is 2. The quantitative estimate of drug-likeness (QED) is 0.675. The summed E-state index contributed by atoms with van der Waals surface area (Å²) in [6.45, 7) is 4.48. The molecule has 7 nitrogen and oxygen atoms in total. The third-order valence-electron chi connectivity index (χ3n) is 4.99. The lowest BCUT2D eigenvalue weighted by Gasteiger charge is -2.26. The van der Waals surface area contributed by atoms with E-state index in [1.54, 1.807) is 23.0 Å². The van der Waals surface area contributed by atoms with Crippen LogP contribution in [0.1, 0.15) is 24.2 Å². The van der Waals surface area contributed by atoms with Crippen LogP contribution in [-0.2, 0) is 0 Å². The minimum absolute atomic E-state index is 0.260. The van der Waals surface area contributed by atoms with Crippen LogP contribution in [0.2, 0.25) is 0 Å². The van der Waals surface area contributed by atoms with E-state index in [2.05, 4.69) is 15.7 Å². The lowest BCUT2D eigenvalue weighted by molar-refractivity contribution is 0.0917. The van der Waals surface area contributed by atoms with Gasteiger partial charge in [-0.05, 0) is 50.2 Å². The topological polar surface area (TPSA) is 77.4 Å². The fourth-order valence-corrected chi connectivity index (χ4v) is 3.39. The molecule has 0 saturated carbocycles. The third kappa shape index (κ3) is 4.22. The lowest BCUT2D eigenvalue weighted by Crippen LogP contribution is -2.45. The zero-order valence-electron chi connectivity index (χ0n) is 16.8. The lowest BCUT2D eigenvalue weighted by atomic mass is 10.1. The van der Waals surface area contributed by atoms with Crippen molar-refractivity contribution in [1.82, 2.24) is 20.4 Å². The van der Waals surface area contributed by atoms with Gasteiger partial charge in [0, 0.05) is 11.3 Å². The molecule has 2 amide bonds. The molecule has 1 aliphatic heterocycles. The molecule has 2 atom stereocenters. The predicted molar refractivity (Wildman–Crippen MR) is 110 cm³/mol. The molecule has 2 unspecified atom stereocenters. The number of para-hydroxylation sites is 2. The van der Waals surface area contributed by atoms with Gasteiger partial charge in [0.1, 0.15) is 12.4 Å². The van der Waals surface area contributed by atoms with Gasteiger partial charge in [0.05, 0.1) is 24.5 Å². The van der Waals surface area contributed by atoms with Crippen molar-refractivity contribution in [2.24, 2.45) is 0 Å². The number of halogens is 1. The molecule has 0 saturated heterocycles. The number of amides is 2. The second-order valence-corrected chi connectivity index (χ2v) is 7.15. The van der Waals surface area contributed by atoms with E-state index in [0.29, 0.717) is 24.7 Å². The number of hydrogen-bond donors (Lipinski definition) is 2. The molecule has 1 aromatic heterocycles. The van der Waals surface area contributed by atoms with Gasteiger partial charge in [-0.3, -0.25) is 0 Å². The molecule has 2 heterocycles. The van der Waals surface area contributed by atoms with Crippen LogP contribution in [0.5, 0.6) is 11.5 Å². The van der Waals surface area contributed by atoms with Crippen LogP contribution in [0.4, 0.5) is 9.18 Å². The van der Waals surface area contributed by atoms with Gasteiger partial charge in [-0.25, -0.2) is 13.9 Å². The molecule has 0 spiro atoms. The van der Waals surface area contributed by atoms with E-state index in [-0.39, 0.29) is 24.0 Å². The van der Waals surface area contributed by atoms with Gasteiger partial charge in [0.2, 0.25) is 0 Å². The van der Waals surface area contributed by atoms with E-state index < -0.39 is 0 Å². The Hall–Kier alpha value is -3.55. The number of benzene rings is 2. The Morgan fingerprint density at radius 1 is 1.23 bits per heavy atom. The van der Waals surface area contributed by atoms with Gasteiger partial charge in [0.15, 0.2) is 17.6 Å². The number of urea groups is 1. The predicted octanol–water partition coefficient (Wildman–Crippen LogP) is 3.52. The summed E-state index contributed by atoms with van der Waals surface area (Å²) < 4.78 is 26.4. The Labute approximate surface area is 173 Å². The summed E-state index contributed by atoms with van der Waals surface area (Å²) in [5.41, 5.74) is 2.50. The minimum atomic E-state index is -0.307. The first-order chi connectivity index (χ1) is 14.5. The fraction of sp³-hybridized carbons (Fsp3) is 0.273. The number of fused-ring (bicyclic) bond motifs is 1. The Kier molecular flexibility index (Phi) is 5.56. The molecule has 0 radical (unpaired) electrons. The highest BCUT2D eigenvalue weighted by Crippen LogP contribution is 2.30. The maximum Gasteiger partial charge on any atom is 0.315 e. The van der Waals surface area contributed by atoms with Crippen molar-refractivity contribution in [1.29, 1.82) is 0 Å². The monoisotopic (exact) mass is 410 g/mol. The van der Waals surface area contributed by atoms with Gasteiger partial charge in [-0.1, -0.05) is 12.1 Å². The van der Waals surface area contributed by atoms with Gasteiger partial charge in [0.25, 0.3) is 0 Å². The van der Waals surface area contributed by atoms with Crippen LogP contribution in [0, 0.1) is 12.7 Å². The molecule has 0 bridgehead atoms. The summed E-state index contributed by atoms with van der Waals surface area (Å²) in [6, 6.07) is 13.0. The summed E-state index contributed by atoms with van der Waals surface area (Å²) in [5, 5.41) is 10.1. The smallest absolute Gasteiger partial charge is 0.315 e. The molecule has 30 heavy (non-hydrogen) atoms. The normalized spacial score (nSPS) is 16.0. The van der Waals surface area contributed by atoms with E-state index in [4.69, 9.17) is 9.47 Å². The second-order valence-electron chi connectivity index (χ2n) is 7.15. The third-order valence-corrected chi connectivity index (χ3v) is 4.99. The first kappa shape index (κ1) is 19.8. The highest BCUT2D eigenvalue weighted by atomic mass is 19.1. The standard InChI is InChI=1S/C22H23FN4O3/c1-14(19-12-25-27(15(19)2)17-9-7-16(23)8-10-17)26-22(28)24-11-18-13-29-20-5-3-4-6-21(20)30-18/h3-10,12,14,18H,11,13H2,1-2H3,(H2,24,26,28). The zero-order chi connectivity index (χ0) is 21.1. The summed E-state index contributed by atoms with van der Waals surface area (Å²) in [6.07, 6.45) is 1.45. The van der Waals surface area contributed by atoms with Crippen molar-refractivity contribution >= 4 is 6.03 Å². The van der Waals surface area contributed by atoms with E-state index in [1.807, 2.05) is 38.1 Å². The van der Waals surface area contributed by atoms with Gasteiger partial charge in [-0.2, -0.15) is 5.10 Å². The van der Waals surface area contributed by atoms with Gasteiger partial charge < -0.3 is 20.1 Å². The number of carbonyl (C=O) groups excluding carboxylic acids is 1. The molecule has 8 heteroatoms. The maximum atomic E-state index is 13.2. The molecule has 4 rings (SSSR count). The van der Waals surface area contributed by atoms with Crippen LogP contribution in [0.15, 0.2) is 54.7 Å². The van der Waals surface area contributed by atoms with Gasteiger partial charge >= 0.3 is 6.03 Å². The SMILES string of the molecule is Cc1c(C(C)NC(=O)NCC2COc3ccccc3O2)cnn1-c1ccc(F)cc1. The van der Waals surface area contributed by atoms with Crippen molar-refractivity contribution in [2.45, 2.75) is 26.0 Å². The molecule has 156 valence electrons. The van der Waals surface area contributed by atoms with Crippen molar-refractivity contribution in [3.8, 4) is 17.2 Å². The molecule has 0 aliphatic carbocycles. The second kappa shape index (κ2) is 8.44. The van der Waals surface area contributed by atoms with E-state index in [1.165, 1.54) is 12.1 Å². The molecule has 2 N–H and O–H groups in total. The van der Waals surface area contributed by atoms with E-state index in [9.17, 15) is 9.18 Å². The van der Waals surface area contributed by atoms with Gasteiger partial charge in [-0.15, -0.1) is 0 Å². The molecule has 3 aromatic rings. The average Bonchev–Trinajstić information content (AvgIpc) is 3.14. The summed E-state index contributed by atoms with van der Waals surface area (Å²) in [5.74, 6) is 1.08. The highest BCUT2D eigenvalue weighted by molar-refractivity contribution is 5.74. The Balaban J connectivity index is 1.32. The Morgan fingerprint density at radius 2 is 1.97 bits per heavy atom. The number of ether oxygens (including phenoxy) is 2. The molecular weight excluding hydrogens is 387 g/mol. The van der Waals surface area contributed by atoms with Crippen LogP contribution < -0.4 is 20.1 Å². The summed E-state index contributed by atoms with van der Waals surface area (Å²) in [7, 11) is 0. The van der Waals surface area contributed by atoms with Crippen LogP contribution in [0.3, 0.4) is 0 Å². The summed E-state index contributed by atoms with van der Waals surface area (Å²) >= 11 is 0. The van der Waals surface area contributed by atoms with E-state index in [0.717, 1.165) is 16.9 Å². The molecule has 2 aromatic carbocycles. The number of nitrogens with zero attached hydrogens (tertiary/aromatic N) is 2. The maximum absolute atomic E-state index is 13.2. The Morgan fingerprint density at radius 3 is 2.73 bits per heavy atom. The van der Waals surface area contributed by atoms with Crippen LogP contribution >= 0.6 is 0 Å². The van der Waals surface area contributed by atoms with Crippen molar-refractivity contribution in [3.05, 3.63) is 71.8 Å². The number of aromatic nitrogens is 2. The number of carbonyl (C=O) groups is 1. The summed E-state index contributed by atoms with van der Waals surface area (Å²) in [4.78, 5) is 12.4.